The standard InChI is InChI=1S/C16H18N2O3/c17-8-9-20-13-6-7-15(14(10-13)16(18)19)21-11-12-4-2-1-3-5-12/h1-7,10H,8-9,11,17H2,(H2,18,19). The monoisotopic (exact) mass is 286 g/mol. The Labute approximate surface area is 123 Å². The van der Waals surface area contributed by atoms with Crippen molar-refractivity contribution in [2.45, 2.75) is 6.61 Å². The summed E-state index contributed by atoms with van der Waals surface area (Å²) >= 11 is 0. The number of amides is 1. The number of nitrogens with two attached hydrogens (primary N) is 2. The summed E-state index contributed by atoms with van der Waals surface area (Å²) in [5, 5.41) is 0. The van der Waals surface area contributed by atoms with Crippen molar-refractivity contribution in [2.24, 2.45) is 11.5 Å². The maximum Gasteiger partial charge on any atom is 0.252 e. The summed E-state index contributed by atoms with van der Waals surface area (Å²) in [5.41, 5.74) is 12.1. The van der Waals surface area contributed by atoms with E-state index >= 15 is 0 Å². The molecular weight excluding hydrogens is 268 g/mol. The normalized spacial score (nSPS) is 10.1. The van der Waals surface area contributed by atoms with Crippen LogP contribution >= 0.6 is 0 Å². The van der Waals surface area contributed by atoms with Crippen LogP contribution in [-0.4, -0.2) is 19.1 Å². The highest BCUT2D eigenvalue weighted by molar-refractivity contribution is 5.96. The average molecular weight is 286 g/mol. The van der Waals surface area contributed by atoms with Crippen LogP contribution in [0, 0.1) is 0 Å². The number of hydrogen-bond donors (Lipinski definition) is 2. The average Bonchev–Trinajstić information content (AvgIpc) is 2.52. The Hall–Kier alpha value is -2.53. The van der Waals surface area contributed by atoms with E-state index in [-0.39, 0.29) is 0 Å². The molecule has 4 N–H and O–H groups in total. The molecule has 0 aliphatic heterocycles. The number of carbonyl (C=O) groups excluding carboxylic acids is 1. The van der Waals surface area contributed by atoms with Crippen LogP contribution in [-0.2, 0) is 6.61 Å². The fourth-order valence-corrected chi connectivity index (χ4v) is 1.83. The van der Waals surface area contributed by atoms with E-state index in [2.05, 4.69) is 0 Å². The minimum absolute atomic E-state index is 0.292. The van der Waals surface area contributed by atoms with Crippen molar-refractivity contribution < 1.29 is 14.3 Å². The first kappa shape index (κ1) is 14.9. The molecule has 0 unspecified atom stereocenters. The van der Waals surface area contributed by atoms with Crippen LogP contribution in [0.3, 0.4) is 0 Å². The molecule has 0 bridgehead atoms. The van der Waals surface area contributed by atoms with Gasteiger partial charge in [0.05, 0.1) is 5.56 Å². The maximum absolute atomic E-state index is 11.5. The first-order valence-electron chi connectivity index (χ1n) is 6.64. The van der Waals surface area contributed by atoms with E-state index < -0.39 is 5.91 Å². The van der Waals surface area contributed by atoms with Crippen LogP contribution in [0.25, 0.3) is 0 Å². The molecule has 0 spiro atoms. The molecule has 2 aromatic carbocycles. The Morgan fingerprint density at radius 3 is 2.48 bits per heavy atom. The lowest BCUT2D eigenvalue weighted by Gasteiger charge is -2.12. The highest BCUT2D eigenvalue weighted by atomic mass is 16.5. The molecule has 5 heteroatoms. The molecule has 0 fully saturated rings. The van der Waals surface area contributed by atoms with E-state index in [1.807, 2.05) is 30.3 Å². The van der Waals surface area contributed by atoms with Crippen molar-refractivity contribution >= 4 is 5.91 Å². The van der Waals surface area contributed by atoms with Crippen LogP contribution in [0.15, 0.2) is 48.5 Å². The zero-order valence-electron chi connectivity index (χ0n) is 11.6. The van der Waals surface area contributed by atoms with E-state index in [1.54, 1.807) is 18.2 Å². The minimum atomic E-state index is -0.559. The Balaban J connectivity index is 2.12. The lowest BCUT2D eigenvalue weighted by molar-refractivity contribution is 0.0995. The molecule has 110 valence electrons. The predicted octanol–water partition coefficient (Wildman–Crippen LogP) is 1.70. The number of benzene rings is 2. The predicted molar refractivity (Wildman–Crippen MR) is 80.3 cm³/mol. The lowest BCUT2D eigenvalue weighted by Crippen LogP contribution is -2.14. The SMILES string of the molecule is NCCOc1ccc(OCc2ccccc2)c(C(N)=O)c1. The fourth-order valence-electron chi connectivity index (χ4n) is 1.83. The van der Waals surface area contributed by atoms with Crippen LogP contribution in [0.2, 0.25) is 0 Å². The third-order valence-corrected chi connectivity index (χ3v) is 2.84. The van der Waals surface area contributed by atoms with Gasteiger partial charge in [0, 0.05) is 6.54 Å². The number of hydrogen-bond acceptors (Lipinski definition) is 4. The molecule has 5 nitrogen and oxygen atoms in total. The Bertz CT molecular complexity index is 600. The molecule has 1 amide bonds. The quantitative estimate of drug-likeness (QED) is 0.811. The summed E-state index contributed by atoms with van der Waals surface area (Å²) in [6.07, 6.45) is 0. The van der Waals surface area contributed by atoms with Gasteiger partial charge >= 0.3 is 0 Å². The summed E-state index contributed by atoms with van der Waals surface area (Å²) in [7, 11) is 0. The molecule has 0 saturated heterocycles. The van der Waals surface area contributed by atoms with Crippen molar-refractivity contribution in [3.05, 3.63) is 59.7 Å². The summed E-state index contributed by atoms with van der Waals surface area (Å²) < 4.78 is 11.0. The highest BCUT2D eigenvalue weighted by Gasteiger charge is 2.11. The van der Waals surface area contributed by atoms with Gasteiger partial charge in [0.1, 0.15) is 24.7 Å². The topological polar surface area (TPSA) is 87.6 Å². The van der Waals surface area contributed by atoms with Gasteiger partial charge in [-0.1, -0.05) is 30.3 Å². The third-order valence-electron chi connectivity index (χ3n) is 2.84. The van der Waals surface area contributed by atoms with Crippen molar-refractivity contribution in [2.75, 3.05) is 13.2 Å². The van der Waals surface area contributed by atoms with Gasteiger partial charge in [-0.15, -0.1) is 0 Å². The second kappa shape index (κ2) is 7.31. The smallest absolute Gasteiger partial charge is 0.252 e. The molecule has 0 aromatic heterocycles. The van der Waals surface area contributed by atoms with E-state index in [4.69, 9.17) is 20.9 Å². The van der Waals surface area contributed by atoms with Crippen LogP contribution in [0.4, 0.5) is 0 Å². The number of primary amides is 1. The molecule has 0 heterocycles. The van der Waals surface area contributed by atoms with E-state index in [1.165, 1.54) is 0 Å². The van der Waals surface area contributed by atoms with Crippen LogP contribution < -0.4 is 20.9 Å². The van der Waals surface area contributed by atoms with E-state index in [0.717, 1.165) is 5.56 Å². The minimum Gasteiger partial charge on any atom is -0.492 e. The molecule has 21 heavy (non-hydrogen) atoms. The fraction of sp³-hybridized carbons (Fsp3) is 0.188. The van der Waals surface area contributed by atoms with Gasteiger partial charge in [-0.3, -0.25) is 4.79 Å². The van der Waals surface area contributed by atoms with Crippen LogP contribution in [0.1, 0.15) is 15.9 Å². The summed E-state index contributed by atoms with van der Waals surface area (Å²) in [6.45, 7) is 1.14. The Morgan fingerprint density at radius 2 is 1.81 bits per heavy atom. The zero-order chi connectivity index (χ0) is 15.1. The molecular formula is C16H18N2O3. The lowest BCUT2D eigenvalue weighted by atomic mass is 10.1. The van der Waals surface area contributed by atoms with Gasteiger partial charge in [-0.2, -0.15) is 0 Å². The first-order chi connectivity index (χ1) is 10.2. The van der Waals surface area contributed by atoms with Crippen molar-refractivity contribution in [3.8, 4) is 11.5 Å². The molecule has 2 aromatic rings. The third kappa shape index (κ3) is 4.22. The molecule has 0 aliphatic carbocycles. The zero-order valence-corrected chi connectivity index (χ0v) is 11.6. The highest BCUT2D eigenvalue weighted by Crippen LogP contribution is 2.24. The molecule has 0 saturated carbocycles. The van der Waals surface area contributed by atoms with Crippen LogP contribution in [0.5, 0.6) is 11.5 Å². The van der Waals surface area contributed by atoms with E-state index in [9.17, 15) is 4.79 Å². The number of carbonyl (C=O) groups is 1. The molecule has 0 radical (unpaired) electrons. The molecule has 0 atom stereocenters. The van der Waals surface area contributed by atoms with Crippen molar-refractivity contribution in [3.63, 3.8) is 0 Å². The number of rotatable bonds is 7. The van der Waals surface area contributed by atoms with Crippen molar-refractivity contribution in [1.29, 1.82) is 0 Å². The van der Waals surface area contributed by atoms with Gasteiger partial charge in [0.2, 0.25) is 0 Å². The van der Waals surface area contributed by atoms with E-state index in [0.29, 0.717) is 36.8 Å². The first-order valence-corrected chi connectivity index (χ1v) is 6.64. The molecule has 2 rings (SSSR count). The summed E-state index contributed by atoms with van der Waals surface area (Å²) in [5.74, 6) is 0.420. The summed E-state index contributed by atoms with van der Waals surface area (Å²) in [4.78, 5) is 11.5. The molecule has 0 aliphatic rings. The van der Waals surface area contributed by atoms with Gasteiger partial charge in [-0.05, 0) is 23.8 Å². The van der Waals surface area contributed by atoms with Gasteiger partial charge < -0.3 is 20.9 Å². The second-order valence-electron chi connectivity index (χ2n) is 4.43. The largest absolute Gasteiger partial charge is 0.492 e. The van der Waals surface area contributed by atoms with Gasteiger partial charge in [0.25, 0.3) is 5.91 Å². The number of ether oxygens (including phenoxy) is 2. The van der Waals surface area contributed by atoms with Gasteiger partial charge in [0.15, 0.2) is 0 Å². The summed E-state index contributed by atoms with van der Waals surface area (Å²) in [6, 6.07) is 14.7. The van der Waals surface area contributed by atoms with Crippen molar-refractivity contribution in [1.82, 2.24) is 0 Å². The van der Waals surface area contributed by atoms with Gasteiger partial charge in [-0.25, -0.2) is 0 Å². The Kier molecular flexibility index (Phi) is 5.17. The Morgan fingerprint density at radius 1 is 1.05 bits per heavy atom. The second-order valence-corrected chi connectivity index (χ2v) is 4.43. The maximum atomic E-state index is 11.5.